The molecule has 0 saturated carbocycles. The van der Waals surface area contributed by atoms with Crippen LogP contribution in [0.1, 0.15) is 5.56 Å². The Morgan fingerprint density at radius 1 is 1.26 bits per heavy atom. The van der Waals surface area contributed by atoms with Crippen LogP contribution in [0.15, 0.2) is 42.5 Å². The van der Waals surface area contributed by atoms with Crippen molar-refractivity contribution in [2.45, 2.75) is 12.5 Å². The van der Waals surface area contributed by atoms with E-state index in [1.165, 1.54) is 5.56 Å². The molecule has 1 unspecified atom stereocenters. The van der Waals surface area contributed by atoms with E-state index in [2.05, 4.69) is 40.0 Å². The van der Waals surface area contributed by atoms with Gasteiger partial charge in [-0.1, -0.05) is 18.2 Å². The molecule has 3 N–H and O–H groups in total. The van der Waals surface area contributed by atoms with Gasteiger partial charge in [0.05, 0.1) is 17.9 Å². The smallest absolute Gasteiger partial charge is 0.123 e. The summed E-state index contributed by atoms with van der Waals surface area (Å²) in [5, 5.41) is 3.36. The first-order chi connectivity index (χ1) is 9.22. The second-order valence-corrected chi connectivity index (χ2v) is 5.91. The lowest BCUT2D eigenvalue weighted by atomic mass is 10.1. The summed E-state index contributed by atoms with van der Waals surface area (Å²) >= 11 is 2.26. The zero-order valence-corrected chi connectivity index (χ0v) is 12.6. The van der Waals surface area contributed by atoms with E-state index >= 15 is 0 Å². The monoisotopic (exact) mass is 366 g/mol. The summed E-state index contributed by atoms with van der Waals surface area (Å²) in [6.07, 6.45) is 1.13. The van der Waals surface area contributed by atoms with Gasteiger partial charge in [-0.15, -0.1) is 0 Å². The van der Waals surface area contributed by atoms with Crippen molar-refractivity contribution in [1.29, 1.82) is 0 Å². The maximum Gasteiger partial charge on any atom is 0.123 e. The summed E-state index contributed by atoms with van der Waals surface area (Å²) in [4.78, 5) is 0. The molecule has 1 atom stereocenters. The lowest BCUT2D eigenvalue weighted by Gasteiger charge is -2.14. The molecular formula is C15H15IN2O. The molecule has 3 nitrogen and oxygen atoms in total. The molecule has 0 saturated heterocycles. The van der Waals surface area contributed by atoms with E-state index < -0.39 is 0 Å². The first-order valence-electron chi connectivity index (χ1n) is 6.26. The molecule has 0 aliphatic carbocycles. The highest BCUT2D eigenvalue weighted by atomic mass is 127. The van der Waals surface area contributed by atoms with Crippen molar-refractivity contribution in [3.05, 3.63) is 51.6 Å². The molecular weight excluding hydrogens is 351 g/mol. The number of nitrogens with one attached hydrogen (secondary N) is 1. The van der Waals surface area contributed by atoms with E-state index in [9.17, 15) is 0 Å². The largest absolute Gasteiger partial charge is 0.488 e. The quantitative estimate of drug-likeness (QED) is 0.648. The van der Waals surface area contributed by atoms with Gasteiger partial charge in [-0.3, -0.25) is 0 Å². The van der Waals surface area contributed by atoms with Crippen LogP contribution in [0.2, 0.25) is 0 Å². The summed E-state index contributed by atoms with van der Waals surface area (Å²) in [7, 11) is 0. The van der Waals surface area contributed by atoms with Crippen molar-refractivity contribution in [2.75, 3.05) is 17.6 Å². The predicted molar refractivity (Wildman–Crippen MR) is 86.6 cm³/mol. The van der Waals surface area contributed by atoms with Crippen LogP contribution in [0.4, 0.5) is 11.4 Å². The number of fused-ring (bicyclic) bond motifs is 1. The molecule has 3 rings (SSSR count). The molecule has 0 bridgehead atoms. The molecule has 2 aromatic rings. The minimum atomic E-state index is 0.177. The topological polar surface area (TPSA) is 47.3 Å². The van der Waals surface area contributed by atoms with Crippen LogP contribution in [-0.4, -0.2) is 12.6 Å². The number of halogens is 1. The number of anilines is 2. The first-order valence-corrected chi connectivity index (χ1v) is 7.34. The molecule has 0 fully saturated rings. The molecule has 1 heterocycles. The molecule has 0 amide bonds. The van der Waals surface area contributed by atoms with Crippen molar-refractivity contribution in [2.24, 2.45) is 0 Å². The average Bonchev–Trinajstić information content (AvgIpc) is 2.80. The van der Waals surface area contributed by atoms with Gasteiger partial charge < -0.3 is 15.8 Å². The summed E-state index contributed by atoms with van der Waals surface area (Å²) in [5.74, 6) is 1.00. The third kappa shape index (κ3) is 2.78. The highest BCUT2D eigenvalue weighted by Crippen LogP contribution is 2.28. The maximum atomic E-state index is 5.98. The molecule has 1 aliphatic rings. The van der Waals surface area contributed by atoms with Crippen molar-refractivity contribution >= 4 is 34.0 Å². The van der Waals surface area contributed by atoms with Crippen LogP contribution in [-0.2, 0) is 6.42 Å². The molecule has 98 valence electrons. The Morgan fingerprint density at radius 3 is 2.89 bits per heavy atom. The van der Waals surface area contributed by atoms with Gasteiger partial charge in [0.2, 0.25) is 0 Å². The minimum Gasteiger partial charge on any atom is -0.488 e. The van der Waals surface area contributed by atoms with E-state index in [1.807, 2.05) is 30.3 Å². The van der Waals surface area contributed by atoms with Crippen molar-refractivity contribution in [3.8, 4) is 5.75 Å². The van der Waals surface area contributed by atoms with Crippen LogP contribution in [0, 0.1) is 3.57 Å². The Kier molecular flexibility index (Phi) is 3.50. The van der Waals surface area contributed by atoms with Gasteiger partial charge in [0, 0.05) is 9.99 Å². The Hall–Kier alpha value is -1.43. The summed E-state index contributed by atoms with van der Waals surface area (Å²) in [6, 6.07) is 14.2. The first kappa shape index (κ1) is 12.6. The fourth-order valence-electron chi connectivity index (χ4n) is 2.29. The highest BCUT2D eigenvalue weighted by Gasteiger charge is 2.21. The van der Waals surface area contributed by atoms with Crippen LogP contribution in [0.3, 0.4) is 0 Å². The number of nitrogens with two attached hydrogens (primary N) is 1. The Bertz CT molecular complexity index is 575. The second kappa shape index (κ2) is 5.28. The lowest BCUT2D eigenvalue weighted by Crippen LogP contribution is -2.24. The van der Waals surface area contributed by atoms with Gasteiger partial charge in [0.25, 0.3) is 0 Å². The molecule has 19 heavy (non-hydrogen) atoms. The third-order valence-corrected chi connectivity index (χ3v) is 3.92. The number of para-hydroxylation sites is 1. The average molecular weight is 366 g/mol. The summed E-state index contributed by atoms with van der Waals surface area (Å²) in [6.45, 7) is 0.763. The van der Waals surface area contributed by atoms with Gasteiger partial charge in [-0.25, -0.2) is 0 Å². The maximum absolute atomic E-state index is 5.98. The fourth-order valence-corrected chi connectivity index (χ4v) is 2.80. The summed E-state index contributed by atoms with van der Waals surface area (Å²) < 4.78 is 7.03. The number of ether oxygens (including phenoxy) is 1. The fraction of sp³-hybridized carbons (Fsp3) is 0.200. The molecule has 0 aromatic heterocycles. The molecule has 1 aliphatic heterocycles. The van der Waals surface area contributed by atoms with Crippen LogP contribution in [0.25, 0.3) is 0 Å². The van der Waals surface area contributed by atoms with Crippen LogP contribution >= 0.6 is 22.6 Å². The van der Waals surface area contributed by atoms with Gasteiger partial charge in [-0.05, 0) is 52.4 Å². The number of hydrogen-bond acceptors (Lipinski definition) is 3. The highest BCUT2D eigenvalue weighted by molar-refractivity contribution is 14.1. The van der Waals surface area contributed by atoms with E-state index in [0.29, 0.717) is 0 Å². The Balaban J connectivity index is 1.63. The van der Waals surface area contributed by atoms with E-state index in [1.54, 1.807) is 0 Å². The van der Waals surface area contributed by atoms with Gasteiger partial charge >= 0.3 is 0 Å². The van der Waals surface area contributed by atoms with Crippen molar-refractivity contribution < 1.29 is 4.74 Å². The normalized spacial score (nSPS) is 16.8. The third-order valence-electron chi connectivity index (χ3n) is 3.25. The molecule has 2 aromatic carbocycles. The number of nitrogen functional groups attached to an aromatic ring is 1. The zero-order chi connectivity index (χ0) is 13.2. The minimum absolute atomic E-state index is 0.177. The van der Waals surface area contributed by atoms with Crippen molar-refractivity contribution in [1.82, 2.24) is 0 Å². The van der Waals surface area contributed by atoms with E-state index in [0.717, 1.165) is 33.7 Å². The molecule has 4 heteroatoms. The molecule has 0 radical (unpaired) electrons. The lowest BCUT2D eigenvalue weighted by molar-refractivity contribution is 0.246. The standard InChI is InChI=1S/C15H15IN2O/c16-11-5-6-14(13(17)8-11)18-9-12-7-10-3-1-2-4-15(10)19-12/h1-6,8,12,18H,7,9,17H2. The van der Waals surface area contributed by atoms with Gasteiger partial charge in [-0.2, -0.15) is 0 Å². The number of benzene rings is 2. The zero-order valence-electron chi connectivity index (χ0n) is 10.4. The van der Waals surface area contributed by atoms with Gasteiger partial charge in [0.1, 0.15) is 11.9 Å². The van der Waals surface area contributed by atoms with Crippen LogP contribution < -0.4 is 15.8 Å². The molecule has 0 spiro atoms. The predicted octanol–water partition coefficient (Wildman–Crippen LogP) is 3.29. The number of rotatable bonds is 3. The van der Waals surface area contributed by atoms with Crippen LogP contribution in [0.5, 0.6) is 5.75 Å². The second-order valence-electron chi connectivity index (χ2n) is 4.66. The Morgan fingerprint density at radius 2 is 2.11 bits per heavy atom. The summed E-state index contributed by atoms with van der Waals surface area (Å²) in [5.41, 5.74) is 9.02. The van der Waals surface area contributed by atoms with E-state index in [4.69, 9.17) is 10.5 Å². The number of hydrogen-bond donors (Lipinski definition) is 2. The van der Waals surface area contributed by atoms with Crippen molar-refractivity contribution in [3.63, 3.8) is 0 Å². The van der Waals surface area contributed by atoms with Gasteiger partial charge in [0.15, 0.2) is 0 Å². The van der Waals surface area contributed by atoms with E-state index in [-0.39, 0.29) is 6.10 Å². The SMILES string of the molecule is Nc1cc(I)ccc1NCC1Cc2ccccc2O1. The Labute approximate surface area is 126 Å².